The maximum absolute atomic E-state index is 3.31. The van der Waals surface area contributed by atoms with Gasteiger partial charge in [0.2, 0.25) is 0 Å². The Bertz CT molecular complexity index is 511. The first-order valence-electron chi connectivity index (χ1n) is 6.42. The molecule has 2 nitrogen and oxygen atoms in total. The summed E-state index contributed by atoms with van der Waals surface area (Å²) in [5, 5.41) is 4.72. The third-order valence-electron chi connectivity index (χ3n) is 3.58. The molecular weight excluding hydrogens is 208 g/mol. The maximum atomic E-state index is 3.31. The molecule has 0 aliphatic rings. The Morgan fingerprint density at radius 2 is 2.12 bits per heavy atom. The van der Waals surface area contributed by atoms with Gasteiger partial charge in [0.05, 0.1) is 0 Å². The number of nitrogens with one attached hydrogen (secondary N) is 1. The van der Waals surface area contributed by atoms with Crippen LogP contribution in [0.1, 0.15) is 25.1 Å². The molecule has 0 saturated heterocycles. The standard InChI is InChI=1S/C15H22N2/c1-5-17-12(3)10-14-13(9-11(2)16-4)7-6-8-15(14)17/h6-8,10-11,16H,5,9H2,1-4H3. The Morgan fingerprint density at radius 1 is 1.35 bits per heavy atom. The fourth-order valence-electron chi connectivity index (χ4n) is 2.51. The molecule has 1 aromatic carbocycles. The van der Waals surface area contributed by atoms with Crippen molar-refractivity contribution in [3.8, 4) is 0 Å². The summed E-state index contributed by atoms with van der Waals surface area (Å²) in [6, 6.07) is 9.47. The lowest BCUT2D eigenvalue weighted by atomic mass is 10.0. The van der Waals surface area contributed by atoms with E-state index in [0.717, 1.165) is 13.0 Å². The number of aromatic nitrogens is 1. The van der Waals surface area contributed by atoms with Crippen LogP contribution in [0.4, 0.5) is 0 Å². The molecule has 0 spiro atoms. The molecule has 1 atom stereocenters. The van der Waals surface area contributed by atoms with Crippen molar-refractivity contribution < 1.29 is 0 Å². The Morgan fingerprint density at radius 3 is 2.76 bits per heavy atom. The zero-order valence-corrected chi connectivity index (χ0v) is 11.2. The van der Waals surface area contributed by atoms with Gasteiger partial charge in [-0.15, -0.1) is 0 Å². The van der Waals surface area contributed by atoms with E-state index in [1.54, 1.807) is 0 Å². The lowest BCUT2D eigenvalue weighted by molar-refractivity contribution is 0.610. The Kier molecular flexibility index (Phi) is 3.53. The summed E-state index contributed by atoms with van der Waals surface area (Å²) in [5.41, 5.74) is 4.16. The summed E-state index contributed by atoms with van der Waals surface area (Å²) in [4.78, 5) is 0. The predicted octanol–water partition coefficient (Wildman–Crippen LogP) is 3.12. The van der Waals surface area contributed by atoms with Crippen LogP contribution in [-0.4, -0.2) is 17.7 Å². The highest BCUT2D eigenvalue weighted by Gasteiger charge is 2.09. The van der Waals surface area contributed by atoms with Gasteiger partial charge in [-0.2, -0.15) is 0 Å². The van der Waals surface area contributed by atoms with Crippen molar-refractivity contribution in [3.05, 3.63) is 35.5 Å². The van der Waals surface area contributed by atoms with E-state index in [1.165, 1.54) is 22.2 Å². The summed E-state index contributed by atoms with van der Waals surface area (Å²) >= 11 is 0. The van der Waals surface area contributed by atoms with Gasteiger partial charge < -0.3 is 9.88 Å². The first-order valence-corrected chi connectivity index (χ1v) is 6.42. The molecule has 0 saturated carbocycles. The Labute approximate surface area is 104 Å². The van der Waals surface area contributed by atoms with Crippen LogP contribution in [0.25, 0.3) is 10.9 Å². The zero-order chi connectivity index (χ0) is 12.4. The number of rotatable bonds is 4. The number of nitrogens with zero attached hydrogens (tertiary/aromatic N) is 1. The lowest BCUT2D eigenvalue weighted by Crippen LogP contribution is -2.23. The highest BCUT2D eigenvalue weighted by molar-refractivity contribution is 5.84. The zero-order valence-electron chi connectivity index (χ0n) is 11.2. The molecule has 1 heterocycles. The third kappa shape index (κ3) is 2.22. The summed E-state index contributed by atoms with van der Waals surface area (Å²) in [6.45, 7) is 7.66. The monoisotopic (exact) mass is 230 g/mol. The minimum absolute atomic E-state index is 0.519. The fourth-order valence-corrected chi connectivity index (χ4v) is 2.51. The molecule has 1 aromatic heterocycles. The van der Waals surface area contributed by atoms with Crippen molar-refractivity contribution in [2.75, 3.05) is 7.05 Å². The maximum Gasteiger partial charge on any atom is 0.0485 e. The van der Waals surface area contributed by atoms with E-state index < -0.39 is 0 Å². The SMILES string of the molecule is CCn1c(C)cc2c(CC(C)NC)cccc21. The highest BCUT2D eigenvalue weighted by atomic mass is 15.0. The largest absolute Gasteiger partial charge is 0.345 e. The van der Waals surface area contributed by atoms with Crippen LogP contribution >= 0.6 is 0 Å². The molecule has 1 unspecified atom stereocenters. The van der Waals surface area contributed by atoms with Crippen LogP contribution in [0, 0.1) is 6.92 Å². The van der Waals surface area contributed by atoms with E-state index in [1.807, 2.05) is 7.05 Å². The molecule has 0 aliphatic heterocycles. The van der Waals surface area contributed by atoms with Gasteiger partial charge in [-0.05, 0) is 51.9 Å². The molecule has 1 N–H and O–H groups in total. The van der Waals surface area contributed by atoms with Gasteiger partial charge in [-0.3, -0.25) is 0 Å². The van der Waals surface area contributed by atoms with E-state index in [2.05, 4.69) is 54.9 Å². The predicted molar refractivity (Wildman–Crippen MR) is 74.6 cm³/mol. The van der Waals surface area contributed by atoms with Gasteiger partial charge >= 0.3 is 0 Å². The average Bonchev–Trinajstić information content (AvgIpc) is 2.65. The van der Waals surface area contributed by atoms with Crippen molar-refractivity contribution in [3.63, 3.8) is 0 Å². The number of likely N-dealkylation sites (N-methyl/N-ethyl adjacent to an activating group) is 1. The fraction of sp³-hybridized carbons (Fsp3) is 0.467. The van der Waals surface area contributed by atoms with E-state index in [4.69, 9.17) is 0 Å². The van der Waals surface area contributed by atoms with E-state index in [9.17, 15) is 0 Å². The van der Waals surface area contributed by atoms with Crippen LogP contribution in [0.5, 0.6) is 0 Å². The van der Waals surface area contributed by atoms with E-state index in [0.29, 0.717) is 6.04 Å². The second-order valence-corrected chi connectivity index (χ2v) is 4.77. The van der Waals surface area contributed by atoms with Crippen molar-refractivity contribution in [2.24, 2.45) is 0 Å². The van der Waals surface area contributed by atoms with Gasteiger partial charge in [0.25, 0.3) is 0 Å². The van der Waals surface area contributed by atoms with Crippen LogP contribution < -0.4 is 5.32 Å². The van der Waals surface area contributed by atoms with Crippen molar-refractivity contribution in [2.45, 2.75) is 39.8 Å². The van der Waals surface area contributed by atoms with E-state index >= 15 is 0 Å². The molecule has 0 bridgehead atoms. The van der Waals surface area contributed by atoms with Gasteiger partial charge in [0.15, 0.2) is 0 Å². The van der Waals surface area contributed by atoms with E-state index in [-0.39, 0.29) is 0 Å². The molecule has 2 heteroatoms. The van der Waals surface area contributed by atoms with Gasteiger partial charge in [0.1, 0.15) is 0 Å². The average molecular weight is 230 g/mol. The molecule has 92 valence electrons. The van der Waals surface area contributed by atoms with Crippen molar-refractivity contribution in [1.82, 2.24) is 9.88 Å². The minimum atomic E-state index is 0.519. The third-order valence-corrected chi connectivity index (χ3v) is 3.58. The summed E-state index contributed by atoms with van der Waals surface area (Å²) < 4.78 is 2.38. The number of aryl methyl sites for hydroxylation is 2. The topological polar surface area (TPSA) is 17.0 Å². The van der Waals surface area contributed by atoms with Crippen LogP contribution in [-0.2, 0) is 13.0 Å². The first kappa shape index (κ1) is 12.2. The molecule has 0 radical (unpaired) electrons. The molecule has 0 amide bonds. The molecule has 2 aromatic rings. The van der Waals surface area contributed by atoms with Crippen LogP contribution in [0.3, 0.4) is 0 Å². The smallest absolute Gasteiger partial charge is 0.0485 e. The summed E-state index contributed by atoms with van der Waals surface area (Å²) in [5.74, 6) is 0. The first-order chi connectivity index (χ1) is 8.17. The Balaban J connectivity index is 2.50. The quantitative estimate of drug-likeness (QED) is 0.854. The second-order valence-electron chi connectivity index (χ2n) is 4.77. The number of hydrogen-bond acceptors (Lipinski definition) is 1. The number of hydrogen-bond donors (Lipinski definition) is 1. The van der Waals surface area contributed by atoms with Gasteiger partial charge in [-0.25, -0.2) is 0 Å². The van der Waals surface area contributed by atoms with Crippen LogP contribution in [0.15, 0.2) is 24.3 Å². The number of benzene rings is 1. The van der Waals surface area contributed by atoms with Gasteiger partial charge in [-0.1, -0.05) is 12.1 Å². The summed E-state index contributed by atoms with van der Waals surface area (Å²) in [6.07, 6.45) is 1.08. The molecule has 0 aliphatic carbocycles. The summed E-state index contributed by atoms with van der Waals surface area (Å²) in [7, 11) is 2.02. The Hall–Kier alpha value is -1.28. The normalized spacial score (nSPS) is 13.2. The molecule has 0 fully saturated rings. The minimum Gasteiger partial charge on any atom is -0.345 e. The highest BCUT2D eigenvalue weighted by Crippen LogP contribution is 2.24. The van der Waals surface area contributed by atoms with Crippen LogP contribution in [0.2, 0.25) is 0 Å². The molecule has 17 heavy (non-hydrogen) atoms. The molecular formula is C15H22N2. The number of fused-ring (bicyclic) bond motifs is 1. The van der Waals surface area contributed by atoms with Crippen molar-refractivity contribution >= 4 is 10.9 Å². The van der Waals surface area contributed by atoms with Crippen molar-refractivity contribution in [1.29, 1.82) is 0 Å². The van der Waals surface area contributed by atoms with Gasteiger partial charge in [0, 0.05) is 29.2 Å². The second kappa shape index (κ2) is 4.92. The molecule has 2 rings (SSSR count). The lowest BCUT2D eigenvalue weighted by Gasteiger charge is -2.11.